The van der Waals surface area contributed by atoms with Crippen molar-refractivity contribution in [2.24, 2.45) is 17.6 Å². The Morgan fingerprint density at radius 3 is 3.00 bits per heavy atom. The second-order valence-corrected chi connectivity index (χ2v) is 5.12. The fourth-order valence-corrected chi connectivity index (χ4v) is 3.60. The van der Waals surface area contributed by atoms with E-state index < -0.39 is 0 Å². The standard InChI is InChI=1S/C10H14N2S/c1-5-2-3-13-10(5)9-7-6(4-12-9)8(7)11/h2-3,6-9,12H,4,11H2,1H3. The summed E-state index contributed by atoms with van der Waals surface area (Å²) in [5.74, 6) is 1.48. The van der Waals surface area contributed by atoms with Crippen molar-refractivity contribution in [3.8, 4) is 0 Å². The molecule has 0 aromatic carbocycles. The fourth-order valence-electron chi connectivity index (χ4n) is 2.54. The number of nitrogens with two attached hydrogens (primary N) is 1. The van der Waals surface area contributed by atoms with Gasteiger partial charge in [-0.1, -0.05) is 0 Å². The molecule has 2 heterocycles. The highest BCUT2D eigenvalue weighted by Gasteiger charge is 2.56. The van der Waals surface area contributed by atoms with Crippen LogP contribution >= 0.6 is 11.3 Å². The minimum atomic E-state index is 0.466. The average molecular weight is 194 g/mol. The molecule has 2 aliphatic rings. The van der Waals surface area contributed by atoms with E-state index in [-0.39, 0.29) is 0 Å². The van der Waals surface area contributed by atoms with Gasteiger partial charge in [0.1, 0.15) is 0 Å². The Bertz CT molecular complexity index is 333. The molecule has 3 heteroatoms. The Balaban J connectivity index is 1.91. The summed E-state index contributed by atoms with van der Waals surface area (Å²) in [7, 11) is 0. The molecule has 4 unspecified atom stereocenters. The van der Waals surface area contributed by atoms with Gasteiger partial charge in [0.25, 0.3) is 0 Å². The molecule has 0 radical (unpaired) electrons. The second kappa shape index (κ2) is 2.56. The molecule has 4 atom stereocenters. The van der Waals surface area contributed by atoms with E-state index in [2.05, 4.69) is 23.7 Å². The molecule has 1 aromatic heterocycles. The summed E-state index contributed by atoms with van der Waals surface area (Å²) in [6, 6.07) is 3.22. The average Bonchev–Trinajstić information content (AvgIpc) is 2.56. The van der Waals surface area contributed by atoms with Crippen LogP contribution in [-0.2, 0) is 0 Å². The molecule has 3 N–H and O–H groups in total. The zero-order chi connectivity index (χ0) is 9.00. The third-order valence-corrected chi connectivity index (χ3v) is 4.54. The van der Waals surface area contributed by atoms with Gasteiger partial charge in [-0.3, -0.25) is 0 Å². The first-order valence-corrected chi connectivity index (χ1v) is 5.70. The van der Waals surface area contributed by atoms with Crippen molar-refractivity contribution in [2.45, 2.75) is 19.0 Å². The fraction of sp³-hybridized carbons (Fsp3) is 0.600. The monoisotopic (exact) mass is 194 g/mol. The van der Waals surface area contributed by atoms with Crippen LogP contribution in [0.4, 0.5) is 0 Å². The maximum Gasteiger partial charge on any atom is 0.0464 e. The number of aryl methyl sites for hydroxylation is 1. The summed E-state index contributed by atoms with van der Waals surface area (Å²) in [5.41, 5.74) is 7.40. The minimum absolute atomic E-state index is 0.466. The summed E-state index contributed by atoms with van der Waals surface area (Å²) in [6.07, 6.45) is 0. The first-order valence-electron chi connectivity index (χ1n) is 4.82. The zero-order valence-electron chi connectivity index (χ0n) is 7.66. The van der Waals surface area contributed by atoms with Gasteiger partial charge in [-0.15, -0.1) is 11.3 Å². The van der Waals surface area contributed by atoms with E-state index in [0.717, 1.165) is 18.4 Å². The number of piperidine rings is 1. The summed E-state index contributed by atoms with van der Waals surface area (Å²) in [5, 5.41) is 5.73. The van der Waals surface area contributed by atoms with Gasteiger partial charge >= 0.3 is 0 Å². The van der Waals surface area contributed by atoms with E-state index in [4.69, 9.17) is 5.73 Å². The predicted octanol–water partition coefficient (Wildman–Crippen LogP) is 1.27. The van der Waals surface area contributed by atoms with Gasteiger partial charge in [0.05, 0.1) is 0 Å². The quantitative estimate of drug-likeness (QED) is 0.706. The summed E-state index contributed by atoms with van der Waals surface area (Å²) >= 11 is 1.86. The Kier molecular flexibility index (Phi) is 1.57. The summed E-state index contributed by atoms with van der Waals surface area (Å²) < 4.78 is 0. The molecule has 0 amide bonds. The third kappa shape index (κ3) is 1.01. The molecule has 1 aromatic rings. The molecule has 0 bridgehead atoms. The number of hydrogen-bond acceptors (Lipinski definition) is 3. The van der Waals surface area contributed by atoms with Gasteiger partial charge < -0.3 is 11.1 Å². The Morgan fingerprint density at radius 1 is 1.62 bits per heavy atom. The molecule has 2 nitrogen and oxygen atoms in total. The van der Waals surface area contributed by atoms with Crippen molar-refractivity contribution >= 4 is 11.3 Å². The Labute approximate surface area is 82.1 Å². The van der Waals surface area contributed by atoms with Crippen molar-refractivity contribution in [1.82, 2.24) is 5.32 Å². The van der Waals surface area contributed by atoms with Crippen LogP contribution in [0, 0.1) is 18.8 Å². The SMILES string of the molecule is Cc1ccsc1C1NCC2C(N)C12. The normalized spacial score (nSPS) is 42.0. The molecular formula is C10H14N2S. The van der Waals surface area contributed by atoms with Crippen LogP contribution in [0.5, 0.6) is 0 Å². The molecule has 1 saturated carbocycles. The lowest BCUT2D eigenvalue weighted by molar-refractivity contribution is 0.543. The molecule has 2 fully saturated rings. The smallest absolute Gasteiger partial charge is 0.0464 e. The van der Waals surface area contributed by atoms with Gasteiger partial charge in [-0.2, -0.15) is 0 Å². The largest absolute Gasteiger partial charge is 0.327 e. The van der Waals surface area contributed by atoms with E-state index in [1.165, 1.54) is 10.4 Å². The first-order chi connectivity index (χ1) is 6.29. The molecule has 13 heavy (non-hydrogen) atoms. The van der Waals surface area contributed by atoms with E-state index in [0.29, 0.717) is 12.1 Å². The van der Waals surface area contributed by atoms with Gasteiger partial charge in [0.15, 0.2) is 0 Å². The molecular weight excluding hydrogens is 180 g/mol. The lowest BCUT2D eigenvalue weighted by Gasteiger charge is -2.13. The van der Waals surface area contributed by atoms with Crippen molar-refractivity contribution in [1.29, 1.82) is 0 Å². The second-order valence-electron chi connectivity index (χ2n) is 4.17. The molecule has 1 saturated heterocycles. The van der Waals surface area contributed by atoms with Crippen molar-refractivity contribution < 1.29 is 0 Å². The lowest BCUT2D eigenvalue weighted by atomic mass is 10.1. The van der Waals surface area contributed by atoms with Crippen LogP contribution in [0.15, 0.2) is 11.4 Å². The molecule has 1 aliphatic heterocycles. The molecule has 3 rings (SSSR count). The van der Waals surface area contributed by atoms with Gasteiger partial charge in [-0.05, 0) is 29.9 Å². The van der Waals surface area contributed by atoms with Crippen molar-refractivity contribution in [3.63, 3.8) is 0 Å². The highest BCUT2D eigenvalue weighted by molar-refractivity contribution is 7.10. The Hall–Kier alpha value is -0.380. The minimum Gasteiger partial charge on any atom is -0.327 e. The van der Waals surface area contributed by atoms with Crippen molar-refractivity contribution in [3.05, 3.63) is 21.9 Å². The summed E-state index contributed by atoms with van der Waals surface area (Å²) in [6.45, 7) is 3.31. The molecule has 0 spiro atoms. The first kappa shape index (κ1) is 7.97. The predicted molar refractivity (Wildman–Crippen MR) is 54.8 cm³/mol. The van der Waals surface area contributed by atoms with Gasteiger partial charge in [0.2, 0.25) is 0 Å². The van der Waals surface area contributed by atoms with Crippen LogP contribution in [0.2, 0.25) is 0 Å². The highest BCUT2D eigenvalue weighted by Crippen LogP contribution is 2.51. The Morgan fingerprint density at radius 2 is 2.46 bits per heavy atom. The maximum atomic E-state index is 5.98. The van der Waals surface area contributed by atoms with E-state index in [1.54, 1.807) is 0 Å². The van der Waals surface area contributed by atoms with E-state index in [9.17, 15) is 0 Å². The van der Waals surface area contributed by atoms with Crippen LogP contribution in [0.3, 0.4) is 0 Å². The van der Waals surface area contributed by atoms with Crippen LogP contribution < -0.4 is 11.1 Å². The van der Waals surface area contributed by atoms with Crippen LogP contribution in [0.1, 0.15) is 16.5 Å². The highest BCUT2D eigenvalue weighted by atomic mass is 32.1. The van der Waals surface area contributed by atoms with Gasteiger partial charge in [-0.25, -0.2) is 0 Å². The van der Waals surface area contributed by atoms with E-state index in [1.807, 2.05) is 11.3 Å². The number of fused-ring (bicyclic) bond motifs is 1. The molecule has 1 aliphatic carbocycles. The number of nitrogens with one attached hydrogen (secondary N) is 1. The number of rotatable bonds is 1. The number of thiophene rings is 1. The summed E-state index contributed by atoms with van der Waals surface area (Å²) in [4.78, 5) is 1.50. The van der Waals surface area contributed by atoms with Crippen molar-refractivity contribution in [2.75, 3.05) is 6.54 Å². The van der Waals surface area contributed by atoms with E-state index >= 15 is 0 Å². The number of hydrogen-bond donors (Lipinski definition) is 2. The lowest BCUT2D eigenvalue weighted by Crippen LogP contribution is -2.25. The van der Waals surface area contributed by atoms with Gasteiger partial charge in [0, 0.05) is 29.4 Å². The topological polar surface area (TPSA) is 38.0 Å². The third-order valence-electron chi connectivity index (χ3n) is 3.43. The maximum absolute atomic E-state index is 5.98. The van der Waals surface area contributed by atoms with Crippen LogP contribution in [0.25, 0.3) is 0 Å². The molecule has 70 valence electrons. The zero-order valence-corrected chi connectivity index (χ0v) is 8.47. The van der Waals surface area contributed by atoms with Crippen LogP contribution in [-0.4, -0.2) is 12.6 Å².